The number of aromatic nitrogens is 3. The molecule has 0 amide bonds. The summed E-state index contributed by atoms with van der Waals surface area (Å²) in [6.45, 7) is 25.3. The predicted molar refractivity (Wildman–Crippen MR) is 278 cm³/mol. The number of halogens is 1. The topological polar surface area (TPSA) is 30.7 Å². The third-order valence-electron chi connectivity index (χ3n) is 13.5. The number of fused-ring (bicyclic) bond motifs is 7. The first-order chi connectivity index (χ1) is 31.3. The molecule has 5 heterocycles. The predicted octanol–water partition coefficient (Wildman–Crippen LogP) is 11.3. The monoisotopic (exact) mass is 1120 g/mol. The van der Waals surface area contributed by atoms with Crippen molar-refractivity contribution in [2.45, 2.75) is 92.4 Å². The minimum atomic E-state index is -0.275. The van der Waals surface area contributed by atoms with Gasteiger partial charge in [-0.15, -0.1) is 29.8 Å². The molecule has 0 N–H and O–H groups in total. The standard InChI is InChI=1S/C47H44BN2Se.C13H11FN.Ir/c1-45(2,3)31-16-19-39-34(23-31)35-24-33(47(7,8)9)26-37-44(35)50(39)40-21-30(29-15-18-38(49-27-29)28-13-11-10-12-14-28)22-42-43(40)48(37)36-25-32(46(4,5)6)17-20-41(36)51-42;1-9-7-13(15-8-10(9)2)11-3-5-12(14)6-4-11;/h10-13,15-27H,1-9H3;3,5-8H,1-2H3;/q2*-1;. The average Bonchev–Trinajstić information content (AvgIpc) is 3.62. The van der Waals surface area contributed by atoms with Crippen molar-refractivity contribution in [2.75, 3.05) is 0 Å². The maximum absolute atomic E-state index is 12.7. The number of benzene rings is 6. The van der Waals surface area contributed by atoms with Crippen molar-refractivity contribution in [1.29, 1.82) is 0 Å². The maximum atomic E-state index is 12.7. The minimum Gasteiger partial charge on any atom is -0.304 e. The van der Waals surface area contributed by atoms with Gasteiger partial charge < -0.3 is 4.98 Å². The smallest absolute Gasteiger partial charge is 0.0379 e. The van der Waals surface area contributed by atoms with Crippen LogP contribution in [0.1, 0.15) is 90.1 Å². The Balaban J connectivity index is 0.000000300. The van der Waals surface area contributed by atoms with E-state index in [4.69, 9.17) is 4.98 Å². The molecule has 0 saturated heterocycles. The molecule has 0 bridgehead atoms. The van der Waals surface area contributed by atoms with Crippen LogP contribution in [0.15, 0.2) is 134 Å². The molecule has 337 valence electrons. The number of aryl methyl sites for hydroxylation is 2. The summed E-state index contributed by atoms with van der Waals surface area (Å²) in [7, 11) is 0. The molecule has 0 atom stereocenters. The van der Waals surface area contributed by atoms with Gasteiger partial charge in [0.2, 0.25) is 0 Å². The Hall–Kier alpha value is -5.42. The summed E-state index contributed by atoms with van der Waals surface area (Å²) in [5, 5.41) is 2.72. The van der Waals surface area contributed by atoms with Gasteiger partial charge in [-0.3, -0.25) is 4.39 Å². The van der Waals surface area contributed by atoms with E-state index in [0.29, 0.717) is 0 Å². The Bertz CT molecular complexity index is 3360. The van der Waals surface area contributed by atoms with Crippen molar-refractivity contribution in [2.24, 2.45) is 0 Å². The van der Waals surface area contributed by atoms with Crippen LogP contribution in [0.3, 0.4) is 0 Å². The van der Waals surface area contributed by atoms with Crippen molar-refractivity contribution in [3.8, 4) is 39.3 Å². The number of hydrogen-bond acceptors (Lipinski definition) is 2. The summed E-state index contributed by atoms with van der Waals surface area (Å²) in [5.41, 5.74) is 21.0. The van der Waals surface area contributed by atoms with E-state index in [0.717, 1.165) is 33.6 Å². The molecule has 2 aliphatic heterocycles. The van der Waals surface area contributed by atoms with Crippen LogP contribution in [0.4, 0.5) is 4.39 Å². The molecule has 9 aromatic rings. The third kappa shape index (κ3) is 8.59. The zero-order valence-corrected chi connectivity index (χ0v) is 44.3. The van der Waals surface area contributed by atoms with Crippen LogP contribution < -0.4 is 25.3 Å². The second-order valence-electron chi connectivity index (χ2n) is 21.3. The Morgan fingerprint density at radius 2 is 1.27 bits per heavy atom. The van der Waals surface area contributed by atoms with Crippen LogP contribution >= 0.6 is 0 Å². The minimum absolute atomic E-state index is 0. The van der Waals surface area contributed by atoms with Crippen molar-refractivity contribution in [3.05, 3.63) is 179 Å². The van der Waals surface area contributed by atoms with Gasteiger partial charge in [0.25, 0.3) is 0 Å². The van der Waals surface area contributed by atoms with Crippen molar-refractivity contribution >= 4 is 68.8 Å². The molecule has 0 spiro atoms. The molecule has 0 fully saturated rings. The van der Waals surface area contributed by atoms with Gasteiger partial charge in [0.05, 0.1) is 0 Å². The van der Waals surface area contributed by atoms with Gasteiger partial charge in [-0.05, 0) is 25.1 Å². The maximum Gasteiger partial charge on any atom is 0.0379 e. The summed E-state index contributed by atoms with van der Waals surface area (Å²) >= 11 is 0.162. The molecule has 3 nitrogen and oxygen atoms in total. The average molecular weight is 1120 g/mol. The van der Waals surface area contributed by atoms with E-state index in [9.17, 15) is 4.39 Å². The van der Waals surface area contributed by atoms with Crippen LogP contribution in [0.25, 0.3) is 61.1 Å². The Labute approximate surface area is 416 Å². The molecule has 1 radical (unpaired) electrons. The fourth-order valence-electron chi connectivity index (χ4n) is 9.43. The van der Waals surface area contributed by atoms with Crippen molar-refractivity contribution in [1.82, 2.24) is 14.5 Å². The van der Waals surface area contributed by atoms with Gasteiger partial charge in [0.15, 0.2) is 0 Å². The van der Waals surface area contributed by atoms with Gasteiger partial charge in [0.1, 0.15) is 0 Å². The molecule has 11 rings (SSSR count). The van der Waals surface area contributed by atoms with Crippen molar-refractivity contribution < 1.29 is 24.5 Å². The zero-order chi connectivity index (χ0) is 46.4. The fraction of sp³-hybridized carbons (Fsp3) is 0.233. The number of rotatable bonds is 3. The first-order valence-corrected chi connectivity index (χ1v) is 24.7. The van der Waals surface area contributed by atoms with E-state index < -0.39 is 0 Å². The van der Waals surface area contributed by atoms with Crippen molar-refractivity contribution in [3.63, 3.8) is 0 Å². The summed E-state index contributed by atoms with van der Waals surface area (Å²) in [6.07, 6.45) is 3.87. The normalized spacial score (nSPS) is 12.9. The zero-order valence-electron chi connectivity index (χ0n) is 40.2. The number of nitrogens with zero attached hydrogens (tertiary/aromatic N) is 3. The van der Waals surface area contributed by atoms with Crippen LogP contribution in [0.2, 0.25) is 0 Å². The molecule has 2 aliphatic rings. The summed E-state index contributed by atoms with van der Waals surface area (Å²) in [4.78, 5) is 9.22. The largest absolute Gasteiger partial charge is 0.304 e. The van der Waals surface area contributed by atoms with E-state index in [1.807, 2.05) is 50.5 Å². The Morgan fingerprint density at radius 1 is 0.582 bits per heavy atom. The summed E-state index contributed by atoms with van der Waals surface area (Å²) < 4.78 is 18.3. The molecule has 67 heavy (non-hydrogen) atoms. The fourth-order valence-corrected chi connectivity index (χ4v) is 11.9. The van der Waals surface area contributed by atoms with E-state index in [-0.39, 0.29) is 63.8 Å². The Kier molecular flexibility index (Phi) is 12.0. The van der Waals surface area contributed by atoms with Gasteiger partial charge in [-0.1, -0.05) is 11.6 Å². The van der Waals surface area contributed by atoms with Gasteiger partial charge in [-0.25, -0.2) is 0 Å². The van der Waals surface area contributed by atoms with Crippen LogP contribution in [-0.4, -0.2) is 36.2 Å². The third-order valence-corrected chi connectivity index (χ3v) is 15.9. The SMILES string of the molecule is CC(C)(C)c1ccc2c(c1)B1c3c(cc(-c4ccc(-c5[c-]cccc5)nc4)cc3-n3c4ccc(C(C)(C)C)cc4c4cc(C(C)(C)C)cc1c43)[Se]2.Cc1cnc(-c2[c-]cc(F)cc2)cc1C.[Ir]. The van der Waals surface area contributed by atoms with Crippen LogP contribution in [-0.2, 0) is 36.4 Å². The summed E-state index contributed by atoms with van der Waals surface area (Å²) in [6, 6.07) is 49.7. The quantitative estimate of drug-likeness (QED) is 0.130. The van der Waals surface area contributed by atoms with Gasteiger partial charge in [-0.2, -0.15) is 0 Å². The number of hydrogen-bond donors (Lipinski definition) is 0. The van der Waals surface area contributed by atoms with E-state index in [2.05, 4.69) is 163 Å². The first kappa shape index (κ1) is 46.7. The molecule has 0 saturated carbocycles. The molecule has 7 heteroatoms. The van der Waals surface area contributed by atoms with Gasteiger partial charge in [0, 0.05) is 32.1 Å². The first-order valence-electron chi connectivity index (χ1n) is 23.0. The van der Waals surface area contributed by atoms with E-state index >= 15 is 0 Å². The van der Waals surface area contributed by atoms with E-state index in [1.54, 1.807) is 6.07 Å². The van der Waals surface area contributed by atoms with Crippen LogP contribution in [0.5, 0.6) is 0 Å². The Morgan fingerprint density at radius 3 is 1.93 bits per heavy atom. The summed E-state index contributed by atoms with van der Waals surface area (Å²) in [5.74, 6) is -0.275. The molecular weight excluding hydrogens is 1060 g/mol. The second kappa shape index (κ2) is 17.3. The second-order valence-corrected chi connectivity index (χ2v) is 23.5. The molecule has 0 unspecified atom stereocenters. The molecule has 0 aliphatic carbocycles. The van der Waals surface area contributed by atoms with E-state index in [1.165, 1.54) is 92.8 Å². The molecule has 3 aromatic heterocycles. The molecule has 6 aromatic carbocycles. The van der Waals surface area contributed by atoms with Gasteiger partial charge >= 0.3 is 311 Å². The van der Waals surface area contributed by atoms with Crippen LogP contribution in [0, 0.1) is 31.8 Å². The number of pyridine rings is 2. The molecular formula is C60H55BFIrN3Se-2.